The van der Waals surface area contributed by atoms with Crippen molar-refractivity contribution in [2.75, 3.05) is 19.0 Å². The minimum absolute atomic E-state index is 0.198. The standard InChI is InChI=1S/C15H15Cl2NO5/c1-14(8-15(14,16)17)13(21)23-7-11(19)18-10-6-4-3-5-9(10)12(20)22-2/h3-6H,7-8H2,1-2H3,(H,18,19)/t14-/m0/s1. The lowest BCUT2D eigenvalue weighted by atomic mass is 10.1. The van der Waals surface area contributed by atoms with Gasteiger partial charge >= 0.3 is 11.9 Å². The number of anilines is 1. The van der Waals surface area contributed by atoms with Crippen LogP contribution in [0.25, 0.3) is 0 Å². The minimum atomic E-state index is -1.15. The first-order valence-corrected chi connectivity index (χ1v) is 7.49. The summed E-state index contributed by atoms with van der Waals surface area (Å²) in [5.41, 5.74) is -0.535. The largest absolute Gasteiger partial charge is 0.465 e. The molecule has 1 saturated carbocycles. The molecule has 8 heteroatoms. The Hall–Kier alpha value is -1.79. The number of nitrogens with one attached hydrogen (secondary N) is 1. The third-order valence-corrected chi connectivity index (χ3v) is 4.75. The highest BCUT2D eigenvalue weighted by molar-refractivity contribution is 6.53. The van der Waals surface area contributed by atoms with Crippen LogP contribution in [0.4, 0.5) is 5.69 Å². The number of hydrogen-bond acceptors (Lipinski definition) is 5. The second kappa shape index (κ2) is 6.37. The Bertz CT molecular complexity index is 661. The maximum absolute atomic E-state index is 11.9. The predicted octanol–water partition coefficient (Wildman–Crippen LogP) is 2.54. The molecule has 2 rings (SSSR count). The first-order valence-electron chi connectivity index (χ1n) is 6.73. The molecule has 1 aromatic rings. The van der Waals surface area contributed by atoms with Gasteiger partial charge in [0.05, 0.1) is 18.4 Å². The number of amides is 1. The SMILES string of the molecule is COC(=O)c1ccccc1NC(=O)COC(=O)[C@]1(C)CC1(Cl)Cl. The second-order valence-corrected chi connectivity index (χ2v) is 6.86. The van der Waals surface area contributed by atoms with Gasteiger partial charge in [0.2, 0.25) is 0 Å². The summed E-state index contributed by atoms with van der Waals surface area (Å²) in [5, 5.41) is 2.49. The molecule has 0 aliphatic heterocycles. The summed E-state index contributed by atoms with van der Waals surface area (Å²) in [6.45, 7) is 1.06. The zero-order valence-electron chi connectivity index (χ0n) is 12.5. The van der Waals surface area contributed by atoms with E-state index >= 15 is 0 Å². The maximum atomic E-state index is 11.9. The number of esters is 2. The van der Waals surface area contributed by atoms with Crippen LogP contribution in [-0.2, 0) is 19.1 Å². The minimum Gasteiger partial charge on any atom is -0.465 e. The van der Waals surface area contributed by atoms with Crippen LogP contribution in [0.15, 0.2) is 24.3 Å². The van der Waals surface area contributed by atoms with Crippen LogP contribution in [0.5, 0.6) is 0 Å². The van der Waals surface area contributed by atoms with E-state index in [1.54, 1.807) is 19.1 Å². The molecule has 1 atom stereocenters. The Morgan fingerprint density at radius 2 is 1.87 bits per heavy atom. The summed E-state index contributed by atoms with van der Waals surface area (Å²) >= 11 is 11.7. The highest BCUT2D eigenvalue weighted by Gasteiger charge is 2.69. The molecule has 0 unspecified atom stereocenters. The van der Waals surface area contributed by atoms with Crippen molar-refractivity contribution in [1.82, 2.24) is 0 Å². The number of ether oxygens (including phenoxy) is 2. The molecule has 0 spiro atoms. The van der Waals surface area contributed by atoms with Gasteiger partial charge in [0.1, 0.15) is 9.75 Å². The zero-order chi connectivity index (χ0) is 17.3. The van der Waals surface area contributed by atoms with Crippen molar-refractivity contribution in [2.45, 2.75) is 17.7 Å². The molecule has 0 heterocycles. The van der Waals surface area contributed by atoms with Gasteiger partial charge < -0.3 is 14.8 Å². The highest BCUT2D eigenvalue weighted by atomic mass is 35.5. The number of hydrogen-bond donors (Lipinski definition) is 1. The van der Waals surface area contributed by atoms with E-state index in [-0.39, 0.29) is 17.7 Å². The molecule has 0 radical (unpaired) electrons. The van der Waals surface area contributed by atoms with Crippen molar-refractivity contribution >= 4 is 46.7 Å². The van der Waals surface area contributed by atoms with Crippen LogP contribution < -0.4 is 5.32 Å². The lowest BCUT2D eigenvalue weighted by Crippen LogP contribution is -2.27. The first-order chi connectivity index (χ1) is 10.7. The molecule has 1 N–H and O–H groups in total. The quantitative estimate of drug-likeness (QED) is 0.645. The van der Waals surface area contributed by atoms with Crippen molar-refractivity contribution < 1.29 is 23.9 Å². The maximum Gasteiger partial charge on any atom is 0.339 e. The lowest BCUT2D eigenvalue weighted by molar-refractivity contribution is -0.152. The fourth-order valence-corrected chi connectivity index (χ4v) is 2.67. The number of para-hydroxylation sites is 1. The fraction of sp³-hybridized carbons (Fsp3) is 0.400. The summed E-state index contributed by atoms with van der Waals surface area (Å²) in [7, 11) is 1.24. The molecule has 23 heavy (non-hydrogen) atoms. The van der Waals surface area contributed by atoms with E-state index in [2.05, 4.69) is 10.1 Å². The molecule has 1 fully saturated rings. The Labute approximate surface area is 143 Å². The van der Waals surface area contributed by atoms with Crippen LogP contribution in [0.3, 0.4) is 0 Å². The van der Waals surface area contributed by atoms with Gasteiger partial charge in [0, 0.05) is 6.42 Å². The van der Waals surface area contributed by atoms with Gasteiger partial charge in [-0.2, -0.15) is 0 Å². The summed E-state index contributed by atoms with van der Waals surface area (Å²) in [4.78, 5) is 35.4. The fourth-order valence-electron chi connectivity index (χ4n) is 1.98. The van der Waals surface area contributed by atoms with E-state index in [0.717, 1.165) is 0 Å². The summed E-state index contributed by atoms with van der Waals surface area (Å²) in [6, 6.07) is 6.33. The number of methoxy groups -OCH3 is 1. The molecule has 1 aliphatic rings. The molecule has 0 aromatic heterocycles. The van der Waals surface area contributed by atoms with Gasteiger partial charge in [-0.1, -0.05) is 12.1 Å². The number of carbonyl (C=O) groups excluding carboxylic acids is 3. The normalized spacial score (nSPS) is 21.2. The summed E-state index contributed by atoms with van der Waals surface area (Å²) < 4.78 is 8.40. The number of carbonyl (C=O) groups is 3. The van der Waals surface area contributed by atoms with Crippen molar-refractivity contribution in [3.63, 3.8) is 0 Å². The van der Waals surface area contributed by atoms with E-state index in [9.17, 15) is 14.4 Å². The predicted molar refractivity (Wildman–Crippen MR) is 84.5 cm³/mol. The molecule has 0 saturated heterocycles. The number of alkyl halides is 2. The van der Waals surface area contributed by atoms with E-state index in [1.165, 1.54) is 19.2 Å². The molecule has 6 nitrogen and oxygen atoms in total. The van der Waals surface area contributed by atoms with Crippen LogP contribution in [0.2, 0.25) is 0 Å². The Balaban J connectivity index is 1.94. The molecule has 1 amide bonds. The van der Waals surface area contributed by atoms with E-state index in [1.807, 2.05) is 0 Å². The Morgan fingerprint density at radius 1 is 1.26 bits per heavy atom. The molecular formula is C15H15Cl2NO5. The van der Waals surface area contributed by atoms with Crippen LogP contribution in [0, 0.1) is 5.41 Å². The van der Waals surface area contributed by atoms with Gasteiger partial charge in [0.25, 0.3) is 5.91 Å². The summed E-state index contributed by atoms with van der Waals surface area (Å²) in [6.07, 6.45) is 0.273. The number of halogens is 2. The topological polar surface area (TPSA) is 81.7 Å². The molecule has 1 aromatic carbocycles. The molecule has 0 bridgehead atoms. The van der Waals surface area contributed by atoms with Gasteiger partial charge in [-0.05, 0) is 19.1 Å². The average molecular weight is 360 g/mol. The number of benzene rings is 1. The van der Waals surface area contributed by atoms with Gasteiger partial charge in [-0.25, -0.2) is 4.79 Å². The van der Waals surface area contributed by atoms with Gasteiger partial charge in [0.15, 0.2) is 6.61 Å². The van der Waals surface area contributed by atoms with Crippen LogP contribution >= 0.6 is 23.2 Å². The van der Waals surface area contributed by atoms with Gasteiger partial charge in [-0.3, -0.25) is 9.59 Å². The monoisotopic (exact) mass is 359 g/mol. The van der Waals surface area contributed by atoms with E-state index < -0.39 is 34.2 Å². The number of rotatable bonds is 5. The van der Waals surface area contributed by atoms with Crippen LogP contribution in [0.1, 0.15) is 23.7 Å². The highest BCUT2D eigenvalue weighted by Crippen LogP contribution is 2.64. The van der Waals surface area contributed by atoms with Crippen molar-refractivity contribution in [2.24, 2.45) is 5.41 Å². The molecular weight excluding hydrogens is 345 g/mol. The third-order valence-electron chi connectivity index (χ3n) is 3.65. The first kappa shape index (κ1) is 17.6. The second-order valence-electron chi connectivity index (χ2n) is 5.37. The Kier molecular flexibility index (Phi) is 4.87. The van der Waals surface area contributed by atoms with E-state index in [4.69, 9.17) is 27.9 Å². The lowest BCUT2D eigenvalue weighted by Gasteiger charge is -2.13. The molecule has 124 valence electrons. The zero-order valence-corrected chi connectivity index (χ0v) is 14.0. The third kappa shape index (κ3) is 3.59. The smallest absolute Gasteiger partial charge is 0.339 e. The van der Waals surface area contributed by atoms with Crippen molar-refractivity contribution in [3.05, 3.63) is 29.8 Å². The Morgan fingerprint density at radius 3 is 2.43 bits per heavy atom. The molecule has 1 aliphatic carbocycles. The van der Waals surface area contributed by atoms with Crippen molar-refractivity contribution in [1.29, 1.82) is 0 Å². The van der Waals surface area contributed by atoms with E-state index in [0.29, 0.717) is 0 Å². The average Bonchev–Trinajstić information content (AvgIpc) is 3.04. The summed E-state index contributed by atoms with van der Waals surface area (Å²) in [5.74, 6) is -1.81. The van der Waals surface area contributed by atoms with Crippen LogP contribution in [-0.4, -0.2) is 35.9 Å². The van der Waals surface area contributed by atoms with Gasteiger partial charge in [-0.15, -0.1) is 23.2 Å². The van der Waals surface area contributed by atoms with Crippen molar-refractivity contribution in [3.8, 4) is 0 Å².